The third kappa shape index (κ3) is 4.52. The summed E-state index contributed by atoms with van der Waals surface area (Å²) in [6, 6.07) is 8.49. The van der Waals surface area contributed by atoms with Crippen LogP contribution in [-0.2, 0) is 6.42 Å². The van der Waals surface area contributed by atoms with Gasteiger partial charge in [-0.2, -0.15) is 0 Å². The van der Waals surface area contributed by atoms with Crippen molar-refractivity contribution in [1.82, 2.24) is 0 Å². The minimum Gasteiger partial charge on any atom is -0.120 e. The second-order valence-electron chi connectivity index (χ2n) is 2.84. The Bertz CT molecular complexity index is 313. The number of benzene rings is 1. The van der Waals surface area contributed by atoms with E-state index in [1.165, 1.54) is 11.1 Å². The molecule has 0 heteroatoms. The van der Waals surface area contributed by atoms with Crippen LogP contribution in [0.15, 0.2) is 30.3 Å². The van der Waals surface area contributed by atoms with Gasteiger partial charge in [0.05, 0.1) is 0 Å². The van der Waals surface area contributed by atoms with Gasteiger partial charge in [0.2, 0.25) is 0 Å². The Balaban J connectivity index is 0.000000500. The Hall–Kier alpha value is -1.48. The van der Waals surface area contributed by atoms with Crippen molar-refractivity contribution >= 4 is 6.08 Å². The maximum Gasteiger partial charge on any atom is -0.00297 e. The van der Waals surface area contributed by atoms with Crippen molar-refractivity contribution in [1.29, 1.82) is 0 Å². The van der Waals surface area contributed by atoms with Crippen molar-refractivity contribution in [2.45, 2.75) is 27.2 Å². The van der Waals surface area contributed by atoms with Crippen molar-refractivity contribution in [3.05, 3.63) is 41.5 Å². The van der Waals surface area contributed by atoms with Crippen molar-refractivity contribution in [3.8, 4) is 12.3 Å². The second-order valence-corrected chi connectivity index (χ2v) is 2.84. The van der Waals surface area contributed by atoms with Crippen LogP contribution in [0.4, 0.5) is 0 Å². The zero-order valence-electron chi connectivity index (χ0n) is 9.25. The monoisotopic (exact) mass is 186 g/mol. The smallest absolute Gasteiger partial charge is 0.00297 e. The molecule has 0 aliphatic heterocycles. The minimum absolute atomic E-state index is 1.11. The van der Waals surface area contributed by atoms with Crippen molar-refractivity contribution < 1.29 is 0 Å². The van der Waals surface area contributed by atoms with Crippen LogP contribution in [0, 0.1) is 12.3 Å². The van der Waals surface area contributed by atoms with Crippen molar-refractivity contribution in [2.75, 3.05) is 0 Å². The fourth-order valence-electron chi connectivity index (χ4n) is 1.20. The van der Waals surface area contributed by atoms with Gasteiger partial charge in [0, 0.05) is 0 Å². The fraction of sp³-hybridized carbons (Fsp3) is 0.286. The molecule has 0 amide bonds. The van der Waals surface area contributed by atoms with Crippen molar-refractivity contribution in [2.24, 2.45) is 0 Å². The first-order valence-corrected chi connectivity index (χ1v) is 4.88. The largest absolute Gasteiger partial charge is 0.120 e. The van der Waals surface area contributed by atoms with E-state index in [1.54, 1.807) is 6.92 Å². The highest BCUT2D eigenvalue weighted by molar-refractivity contribution is 5.53. The maximum atomic E-state index is 4.60. The zero-order chi connectivity index (χ0) is 10.8. The molecule has 0 N–H and O–H groups in total. The summed E-state index contributed by atoms with van der Waals surface area (Å²) in [6.07, 6.45) is 9.94. The predicted octanol–water partition coefficient (Wildman–Crippen LogP) is 3.92. The van der Waals surface area contributed by atoms with Gasteiger partial charge in [-0.05, 0) is 31.4 Å². The van der Waals surface area contributed by atoms with Crippen LogP contribution in [0.2, 0.25) is 0 Å². The zero-order valence-corrected chi connectivity index (χ0v) is 9.25. The van der Waals surface area contributed by atoms with Gasteiger partial charge in [-0.15, -0.1) is 12.3 Å². The van der Waals surface area contributed by atoms with E-state index in [0.29, 0.717) is 0 Å². The van der Waals surface area contributed by atoms with Crippen LogP contribution >= 0.6 is 0 Å². The van der Waals surface area contributed by atoms with Crippen LogP contribution in [0.3, 0.4) is 0 Å². The average Bonchev–Trinajstić information content (AvgIpc) is 2.20. The van der Waals surface area contributed by atoms with Crippen LogP contribution in [-0.4, -0.2) is 0 Å². The number of aryl methyl sites for hydroxylation is 1. The lowest BCUT2D eigenvalue weighted by Crippen LogP contribution is -1.83. The molecule has 1 aromatic carbocycles. The Morgan fingerprint density at radius 2 is 1.93 bits per heavy atom. The first-order chi connectivity index (χ1) is 6.79. The molecule has 1 rings (SSSR count). The van der Waals surface area contributed by atoms with Crippen LogP contribution in [0.25, 0.3) is 6.08 Å². The van der Waals surface area contributed by atoms with E-state index in [4.69, 9.17) is 0 Å². The molecule has 0 bridgehead atoms. The lowest BCUT2D eigenvalue weighted by molar-refractivity contribution is 1.13. The molecular weight excluding hydrogens is 168 g/mol. The van der Waals surface area contributed by atoms with E-state index in [9.17, 15) is 0 Å². The van der Waals surface area contributed by atoms with Gasteiger partial charge in [0.25, 0.3) is 0 Å². The van der Waals surface area contributed by atoms with Gasteiger partial charge < -0.3 is 0 Å². The summed E-state index contributed by atoms with van der Waals surface area (Å²) in [5.74, 6) is 2.25. The topological polar surface area (TPSA) is 0 Å². The van der Waals surface area contributed by atoms with E-state index < -0.39 is 0 Å². The van der Waals surface area contributed by atoms with E-state index >= 15 is 0 Å². The molecule has 0 aliphatic carbocycles. The van der Waals surface area contributed by atoms with Crippen LogP contribution in [0.1, 0.15) is 31.9 Å². The molecule has 0 radical (unpaired) electrons. The van der Waals surface area contributed by atoms with Crippen LogP contribution in [0.5, 0.6) is 0 Å². The molecule has 0 heterocycles. The summed E-state index contributed by atoms with van der Waals surface area (Å²) in [5.41, 5.74) is 2.77. The first kappa shape index (κ1) is 12.5. The summed E-state index contributed by atoms with van der Waals surface area (Å²) >= 11 is 0. The summed E-state index contributed by atoms with van der Waals surface area (Å²) in [7, 11) is 0. The molecular formula is C14H18. The molecule has 0 aromatic heterocycles. The molecule has 0 nitrogen and oxygen atoms in total. The number of allylic oxidation sites excluding steroid dienone is 1. The number of terminal acetylenes is 1. The highest BCUT2D eigenvalue weighted by Gasteiger charge is 1.92. The molecule has 0 unspecified atom stereocenters. The lowest BCUT2D eigenvalue weighted by Gasteiger charge is -2.00. The summed E-state index contributed by atoms with van der Waals surface area (Å²) < 4.78 is 0. The van der Waals surface area contributed by atoms with Gasteiger partial charge in [0.15, 0.2) is 0 Å². The molecule has 0 fully saturated rings. The molecule has 0 saturated heterocycles. The van der Waals surface area contributed by atoms with E-state index in [2.05, 4.69) is 55.7 Å². The maximum absolute atomic E-state index is 4.60. The molecule has 0 atom stereocenters. The van der Waals surface area contributed by atoms with E-state index in [1.807, 2.05) is 6.92 Å². The van der Waals surface area contributed by atoms with Crippen molar-refractivity contribution in [3.63, 3.8) is 0 Å². The molecule has 74 valence electrons. The fourth-order valence-corrected chi connectivity index (χ4v) is 1.20. The quantitative estimate of drug-likeness (QED) is 0.614. The third-order valence-corrected chi connectivity index (χ3v) is 1.78. The first-order valence-electron chi connectivity index (χ1n) is 4.88. The third-order valence-electron chi connectivity index (χ3n) is 1.78. The van der Waals surface area contributed by atoms with E-state index in [0.717, 1.165) is 6.42 Å². The Kier molecular flexibility index (Phi) is 7.27. The van der Waals surface area contributed by atoms with Gasteiger partial charge in [0.1, 0.15) is 0 Å². The predicted molar refractivity (Wildman–Crippen MR) is 65.0 cm³/mol. The van der Waals surface area contributed by atoms with Gasteiger partial charge in [-0.1, -0.05) is 43.3 Å². The molecule has 0 aliphatic rings. The Morgan fingerprint density at radius 1 is 1.36 bits per heavy atom. The molecule has 0 saturated carbocycles. The molecule has 14 heavy (non-hydrogen) atoms. The van der Waals surface area contributed by atoms with Gasteiger partial charge >= 0.3 is 0 Å². The standard InChI is InChI=1S/C11H14.C3H4/c1-3-7-11-9-6-5-8-10(11)4-2;1-3-2/h3,5-9H,4H2,1-2H3;1H,2H3/b7-3+;. The highest BCUT2D eigenvalue weighted by atomic mass is 14.0. The summed E-state index contributed by atoms with van der Waals surface area (Å²) in [5, 5.41) is 0. The number of hydrogen-bond acceptors (Lipinski definition) is 0. The normalized spacial score (nSPS) is 9.00. The highest BCUT2D eigenvalue weighted by Crippen LogP contribution is 2.10. The van der Waals surface area contributed by atoms with Crippen LogP contribution < -0.4 is 0 Å². The van der Waals surface area contributed by atoms with Gasteiger partial charge in [-0.25, -0.2) is 0 Å². The number of rotatable bonds is 2. The SMILES string of the molecule is C#CC.C/C=C/c1ccccc1CC. The molecule has 1 aromatic rings. The minimum atomic E-state index is 1.11. The Morgan fingerprint density at radius 3 is 2.43 bits per heavy atom. The van der Waals surface area contributed by atoms with E-state index in [-0.39, 0.29) is 0 Å². The molecule has 0 spiro atoms. The average molecular weight is 186 g/mol. The Labute approximate surface area is 87.7 Å². The van der Waals surface area contributed by atoms with Gasteiger partial charge in [-0.3, -0.25) is 0 Å². The summed E-state index contributed by atoms with van der Waals surface area (Å²) in [6.45, 7) is 5.88. The number of hydrogen-bond donors (Lipinski definition) is 0. The second kappa shape index (κ2) is 8.13. The summed E-state index contributed by atoms with van der Waals surface area (Å²) in [4.78, 5) is 0. The lowest BCUT2D eigenvalue weighted by atomic mass is 10.1.